The molecule has 160 valence electrons. The monoisotopic (exact) mass is 420 g/mol. The maximum atomic E-state index is 12.0. The molecule has 0 radical (unpaired) electrons. The third-order valence-electron chi connectivity index (χ3n) is 5.41. The summed E-state index contributed by atoms with van der Waals surface area (Å²) in [5.41, 5.74) is 2.91. The number of anilines is 2. The molecule has 1 aromatic carbocycles. The number of nitrogens with one attached hydrogen (secondary N) is 5. The lowest BCUT2D eigenvalue weighted by atomic mass is 10.0. The number of allylic oxidation sites excluding steroid dienone is 4. The minimum Gasteiger partial charge on any atom is -0.488 e. The molecular weight excluding hydrogens is 396 g/mol. The third kappa shape index (κ3) is 4.58. The number of amides is 1. The quantitative estimate of drug-likeness (QED) is 0.395. The summed E-state index contributed by atoms with van der Waals surface area (Å²) in [4.78, 5) is 16.5. The molecule has 0 unspecified atom stereocenters. The number of rotatable bonds is 7. The molecule has 1 fully saturated rings. The van der Waals surface area contributed by atoms with Crippen molar-refractivity contribution in [1.82, 2.24) is 36.0 Å². The van der Waals surface area contributed by atoms with Crippen LogP contribution in [0.5, 0.6) is 0 Å². The summed E-state index contributed by atoms with van der Waals surface area (Å²) in [7, 11) is 0. The maximum absolute atomic E-state index is 12.0. The number of fused-ring (bicyclic) bond motifs is 1. The van der Waals surface area contributed by atoms with Gasteiger partial charge in [-0.25, -0.2) is 0 Å². The predicted molar refractivity (Wildman–Crippen MR) is 116 cm³/mol. The first kappa shape index (κ1) is 19.3. The lowest BCUT2D eigenvalue weighted by molar-refractivity contribution is -0.125. The fraction of sp³-hybridized carbons (Fsp3) is 0.333. The number of aromatic amines is 2. The summed E-state index contributed by atoms with van der Waals surface area (Å²) in [6.07, 6.45) is 8.07. The van der Waals surface area contributed by atoms with Gasteiger partial charge in [0.25, 0.3) is 5.91 Å². The first-order chi connectivity index (χ1) is 15.2. The number of carbonyl (C=O) groups is 1. The largest absolute Gasteiger partial charge is 0.488 e. The van der Waals surface area contributed by atoms with E-state index in [0.717, 1.165) is 53.9 Å². The fourth-order valence-corrected chi connectivity index (χ4v) is 3.75. The van der Waals surface area contributed by atoms with Gasteiger partial charge in [-0.3, -0.25) is 15.0 Å². The molecule has 5 rings (SSSR count). The number of H-pyrrole nitrogens is 2. The van der Waals surface area contributed by atoms with Crippen LogP contribution >= 0.6 is 0 Å². The van der Waals surface area contributed by atoms with E-state index in [0.29, 0.717) is 18.2 Å². The molecule has 2 aromatic heterocycles. The number of carbonyl (C=O) groups excluding carboxylic acids is 1. The van der Waals surface area contributed by atoms with Crippen LogP contribution in [-0.4, -0.2) is 57.0 Å². The number of benzene rings is 1. The SMILES string of the molecule is O=C(COC1=CC=C(c2nc(Nc3ccc4[nH]ncc4c3)n[nH]2)CC1)N[C@@H]1CCNC1. The van der Waals surface area contributed by atoms with E-state index in [2.05, 4.69) is 41.3 Å². The highest BCUT2D eigenvalue weighted by molar-refractivity contribution is 5.82. The van der Waals surface area contributed by atoms with Crippen molar-refractivity contribution in [2.45, 2.75) is 25.3 Å². The molecule has 1 atom stereocenters. The Morgan fingerprint density at radius 2 is 2.19 bits per heavy atom. The van der Waals surface area contributed by atoms with Crippen molar-refractivity contribution in [3.05, 3.63) is 48.1 Å². The second-order valence-electron chi connectivity index (χ2n) is 7.68. The van der Waals surface area contributed by atoms with Crippen LogP contribution in [0.25, 0.3) is 16.5 Å². The van der Waals surface area contributed by atoms with Crippen molar-refractivity contribution in [2.75, 3.05) is 25.0 Å². The van der Waals surface area contributed by atoms with Gasteiger partial charge in [0, 0.05) is 30.1 Å². The Balaban J connectivity index is 1.16. The molecule has 31 heavy (non-hydrogen) atoms. The molecule has 2 aliphatic rings. The molecule has 3 aromatic rings. The average Bonchev–Trinajstić information content (AvgIpc) is 3.55. The Morgan fingerprint density at radius 1 is 1.23 bits per heavy atom. The summed E-state index contributed by atoms with van der Waals surface area (Å²) in [6.45, 7) is 1.82. The molecule has 3 heterocycles. The fourth-order valence-electron chi connectivity index (χ4n) is 3.75. The van der Waals surface area contributed by atoms with Crippen LogP contribution in [0, 0.1) is 0 Å². The van der Waals surface area contributed by atoms with Gasteiger partial charge in [-0.15, -0.1) is 5.10 Å². The van der Waals surface area contributed by atoms with E-state index in [9.17, 15) is 4.79 Å². The lowest BCUT2D eigenvalue weighted by Crippen LogP contribution is -2.38. The van der Waals surface area contributed by atoms with Crippen molar-refractivity contribution in [2.24, 2.45) is 0 Å². The van der Waals surface area contributed by atoms with E-state index in [1.165, 1.54) is 0 Å². The molecule has 0 saturated carbocycles. The van der Waals surface area contributed by atoms with E-state index in [1.807, 2.05) is 30.4 Å². The average molecular weight is 420 g/mol. The minimum absolute atomic E-state index is 0.0445. The molecule has 1 amide bonds. The number of aromatic nitrogens is 5. The van der Waals surface area contributed by atoms with Gasteiger partial charge >= 0.3 is 0 Å². The van der Waals surface area contributed by atoms with Crippen LogP contribution in [0.15, 0.2) is 42.3 Å². The van der Waals surface area contributed by atoms with E-state index in [4.69, 9.17) is 4.74 Å². The van der Waals surface area contributed by atoms with Gasteiger partial charge in [-0.05, 0) is 49.2 Å². The summed E-state index contributed by atoms with van der Waals surface area (Å²) < 4.78 is 5.67. The van der Waals surface area contributed by atoms with Gasteiger partial charge in [-0.2, -0.15) is 10.1 Å². The zero-order chi connectivity index (χ0) is 21.0. The predicted octanol–water partition coefficient (Wildman–Crippen LogP) is 1.98. The second kappa shape index (κ2) is 8.60. The highest BCUT2D eigenvalue weighted by Gasteiger charge is 2.18. The Hall–Kier alpha value is -3.66. The molecule has 0 bridgehead atoms. The molecule has 0 spiro atoms. The number of hydrogen-bond acceptors (Lipinski definition) is 7. The van der Waals surface area contributed by atoms with E-state index >= 15 is 0 Å². The first-order valence-electron chi connectivity index (χ1n) is 10.4. The normalized spacial score (nSPS) is 18.5. The molecule has 1 saturated heterocycles. The van der Waals surface area contributed by atoms with Crippen molar-refractivity contribution in [1.29, 1.82) is 0 Å². The number of hydrogen-bond donors (Lipinski definition) is 5. The van der Waals surface area contributed by atoms with Crippen molar-refractivity contribution in [3.63, 3.8) is 0 Å². The zero-order valence-electron chi connectivity index (χ0n) is 16.9. The van der Waals surface area contributed by atoms with Crippen LogP contribution in [-0.2, 0) is 9.53 Å². The van der Waals surface area contributed by atoms with Crippen LogP contribution in [0.2, 0.25) is 0 Å². The second-order valence-corrected chi connectivity index (χ2v) is 7.68. The Bertz CT molecular complexity index is 1140. The van der Waals surface area contributed by atoms with E-state index < -0.39 is 0 Å². The zero-order valence-corrected chi connectivity index (χ0v) is 16.9. The summed E-state index contributed by atoms with van der Waals surface area (Å²) in [6, 6.07) is 6.10. The van der Waals surface area contributed by atoms with Crippen LogP contribution in [0.1, 0.15) is 25.1 Å². The van der Waals surface area contributed by atoms with Crippen molar-refractivity contribution < 1.29 is 9.53 Å². The van der Waals surface area contributed by atoms with Gasteiger partial charge in [-0.1, -0.05) is 6.08 Å². The van der Waals surface area contributed by atoms with Crippen molar-refractivity contribution in [3.8, 4) is 0 Å². The molecule has 10 heteroatoms. The van der Waals surface area contributed by atoms with Crippen molar-refractivity contribution >= 4 is 34.0 Å². The Labute approximate surface area is 178 Å². The minimum atomic E-state index is -0.0797. The summed E-state index contributed by atoms with van der Waals surface area (Å²) in [5.74, 6) is 1.94. The molecule has 10 nitrogen and oxygen atoms in total. The van der Waals surface area contributed by atoms with Crippen LogP contribution in [0.3, 0.4) is 0 Å². The first-order valence-corrected chi connectivity index (χ1v) is 10.4. The molecule has 1 aliphatic carbocycles. The smallest absolute Gasteiger partial charge is 0.258 e. The third-order valence-corrected chi connectivity index (χ3v) is 5.41. The lowest BCUT2D eigenvalue weighted by Gasteiger charge is -2.16. The topological polar surface area (TPSA) is 133 Å². The van der Waals surface area contributed by atoms with Crippen LogP contribution in [0.4, 0.5) is 11.6 Å². The summed E-state index contributed by atoms with van der Waals surface area (Å²) in [5, 5.41) is 24.6. The highest BCUT2D eigenvalue weighted by atomic mass is 16.5. The van der Waals surface area contributed by atoms with Crippen LogP contribution < -0.4 is 16.0 Å². The van der Waals surface area contributed by atoms with Gasteiger partial charge in [0.05, 0.1) is 17.5 Å². The Kier molecular flexibility index (Phi) is 5.36. The number of ether oxygens (including phenoxy) is 1. The van der Waals surface area contributed by atoms with Gasteiger partial charge in [0.2, 0.25) is 5.95 Å². The van der Waals surface area contributed by atoms with Gasteiger partial charge < -0.3 is 20.7 Å². The standard InChI is InChI=1S/C21H24N8O2/c30-19(24-16-7-8-22-11-16)12-31-17-4-1-13(2-5-17)20-26-21(29-28-20)25-15-3-6-18-14(9-15)10-23-27-18/h1,3-4,6,9-10,16,22H,2,5,7-8,11-12H2,(H,23,27)(H,24,30)(H2,25,26,28,29)/t16-/m1/s1. The summed E-state index contributed by atoms with van der Waals surface area (Å²) >= 11 is 0. The van der Waals surface area contributed by atoms with E-state index in [-0.39, 0.29) is 18.6 Å². The molecule has 5 N–H and O–H groups in total. The van der Waals surface area contributed by atoms with E-state index in [1.54, 1.807) is 6.20 Å². The maximum Gasteiger partial charge on any atom is 0.258 e. The number of nitrogens with zero attached hydrogens (tertiary/aromatic N) is 3. The molecule has 1 aliphatic heterocycles. The van der Waals surface area contributed by atoms with Gasteiger partial charge in [0.1, 0.15) is 0 Å². The molecular formula is C21H24N8O2. The van der Waals surface area contributed by atoms with Gasteiger partial charge in [0.15, 0.2) is 12.4 Å². The highest BCUT2D eigenvalue weighted by Crippen LogP contribution is 2.26. The Morgan fingerprint density at radius 3 is 3.03 bits per heavy atom.